The Morgan fingerprint density at radius 2 is 2.25 bits per heavy atom. The van der Waals surface area contributed by atoms with Crippen LogP contribution in [0, 0.1) is 0 Å². The van der Waals surface area contributed by atoms with Gasteiger partial charge >= 0.3 is 0 Å². The molecule has 1 atom stereocenters. The van der Waals surface area contributed by atoms with E-state index in [0.717, 1.165) is 22.3 Å². The highest BCUT2D eigenvalue weighted by Gasteiger charge is 2.05. The van der Waals surface area contributed by atoms with Gasteiger partial charge in [-0.15, -0.1) is 0 Å². The molecule has 0 aromatic carbocycles. The quantitative estimate of drug-likeness (QED) is 0.940. The highest BCUT2D eigenvalue weighted by atomic mass is 79.9. The van der Waals surface area contributed by atoms with Crippen LogP contribution in [0.15, 0.2) is 35.2 Å². The lowest BCUT2D eigenvalue weighted by Crippen LogP contribution is -2.10. The fourth-order valence-electron chi connectivity index (χ4n) is 1.40. The summed E-state index contributed by atoms with van der Waals surface area (Å²) in [4.78, 5) is 4.33. The zero-order valence-electron chi connectivity index (χ0n) is 8.97. The summed E-state index contributed by atoms with van der Waals surface area (Å²) < 4.78 is 2.71. The Morgan fingerprint density at radius 3 is 2.75 bits per heavy atom. The SMILES string of the molecule is CC[C@@H](N)c1ccc(-n2cc(Br)cn2)cn1. The van der Waals surface area contributed by atoms with Gasteiger partial charge in [-0.2, -0.15) is 5.10 Å². The van der Waals surface area contributed by atoms with E-state index in [4.69, 9.17) is 5.73 Å². The van der Waals surface area contributed by atoms with Crippen LogP contribution in [0.25, 0.3) is 5.69 Å². The molecule has 5 heteroatoms. The molecule has 84 valence electrons. The van der Waals surface area contributed by atoms with Gasteiger partial charge in [0.05, 0.1) is 28.2 Å². The van der Waals surface area contributed by atoms with E-state index in [0.29, 0.717) is 0 Å². The molecule has 0 aliphatic carbocycles. The topological polar surface area (TPSA) is 56.7 Å². The van der Waals surface area contributed by atoms with Crippen molar-refractivity contribution in [3.05, 3.63) is 40.9 Å². The molecule has 2 aromatic heterocycles. The molecule has 0 aliphatic rings. The molecule has 0 unspecified atom stereocenters. The maximum atomic E-state index is 5.89. The Labute approximate surface area is 103 Å². The first-order valence-electron chi connectivity index (χ1n) is 5.12. The van der Waals surface area contributed by atoms with E-state index in [1.807, 2.05) is 25.3 Å². The number of hydrogen-bond donors (Lipinski definition) is 1. The summed E-state index contributed by atoms with van der Waals surface area (Å²) in [5, 5.41) is 4.18. The molecule has 4 nitrogen and oxygen atoms in total. The molecule has 0 amide bonds. The lowest BCUT2D eigenvalue weighted by molar-refractivity contribution is 0.674. The van der Waals surface area contributed by atoms with Gasteiger partial charge in [0.15, 0.2) is 0 Å². The summed E-state index contributed by atoms with van der Waals surface area (Å²) in [6.45, 7) is 2.05. The van der Waals surface area contributed by atoms with Gasteiger partial charge in [-0.3, -0.25) is 4.98 Å². The molecule has 0 spiro atoms. The summed E-state index contributed by atoms with van der Waals surface area (Å²) in [6, 6.07) is 3.93. The molecule has 0 bridgehead atoms. The van der Waals surface area contributed by atoms with Gasteiger partial charge in [-0.1, -0.05) is 6.92 Å². The molecule has 0 radical (unpaired) electrons. The van der Waals surface area contributed by atoms with Crippen molar-refractivity contribution in [3.8, 4) is 5.69 Å². The number of hydrogen-bond acceptors (Lipinski definition) is 3. The smallest absolute Gasteiger partial charge is 0.0829 e. The number of nitrogens with zero attached hydrogens (tertiary/aromatic N) is 3. The van der Waals surface area contributed by atoms with Crippen molar-refractivity contribution in [1.29, 1.82) is 0 Å². The van der Waals surface area contributed by atoms with E-state index in [2.05, 4.69) is 26.0 Å². The van der Waals surface area contributed by atoms with Crippen LogP contribution in [0.5, 0.6) is 0 Å². The maximum absolute atomic E-state index is 5.89. The van der Waals surface area contributed by atoms with Gasteiger partial charge < -0.3 is 5.73 Å². The van der Waals surface area contributed by atoms with Gasteiger partial charge in [0, 0.05) is 12.2 Å². The van der Waals surface area contributed by atoms with Gasteiger partial charge in [0.25, 0.3) is 0 Å². The van der Waals surface area contributed by atoms with Crippen molar-refractivity contribution in [2.45, 2.75) is 19.4 Å². The first kappa shape index (κ1) is 11.3. The second kappa shape index (κ2) is 4.76. The molecule has 2 rings (SSSR count). The second-order valence-electron chi connectivity index (χ2n) is 3.56. The average Bonchev–Trinajstić information content (AvgIpc) is 2.75. The van der Waals surface area contributed by atoms with E-state index in [-0.39, 0.29) is 6.04 Å². The Morgan fingerprint density at radius 1 is 1.44 bits per heavy atom. The van der Waals surface area contributed by atoms with Crippen LogP contribution in [0.1, 0.15) is 25.1 Å². The standard InChI is InChI=1S/C11H13BrN4/c1-2-10(13)11-4-3-9(6-14-11)16-7-8(12)5-15-16/h3-7,10H,2,13H2,1H3/t10-/m1/s1. The van der Waals surface area contributed by atoms with Crippen molar-refractivity contribution in [1.82, 2.24) is 14.8 Å². The van der Waals surface area contributed by atoms with Gasteiger partial charge in [-0.05, 0) is 34.5 Å². The third kappa shape index (κ3) is 2.31. The zero-order chi connectivity index (χ0) is 11.5. The maximum Gasteiger partial charge on any atom is 0.0829 e. The predicted octanol–water partition coefficient (Wildman–Crippen LogP) is 2.44. The van der Waals surface area contributed by atoms with Crippen LogP contribution in [0.2, 0.25) is 0 Å². The first-order valence-corrected chi connectivity index (χ1v) is 5.92. The Kier molecular flexibility index (Phi) is 3.36. The summed E-state index contributed by atoms with van der Waals surface area (Å²) >= 11 is 3.35. The molecular weight excluding hydrogens is 268 g/mol. The van der Waals surface area contributed by atoms with Crippen LogP contribution in [0.3, 0.4) is 0 Å². The molecule has 0 saturated carbocycles. The van der Waals surface area contributed by atoms with Crippen molar-refractivity contribution in [3.63, 3.8) is 0 Å². The molecule has 0 fully saturated rings. The summed E-state index contributed by atoms with van der Waals surface area (Å²) in [5.74, 6) is 0. The fourth-order valence-corrected chi connectivity index (χ4v) is 1.69. The molecule has 0 aliphatic heterocycles. The van der Waals surface area contributed by atoms with E-state index < -0.39 is 0 Å². The van der Waals surface area contributed by atoms with Crippen LogP contribution in [-0.4, -0.2) is 14.8 Å². The Balaban J connectivity index is 2.25. The number of pyridine rings is 1. The minimum Gasteiger partial charge on any atom is -0.323 e. The van der Waals surface area contributed by atoms with Crippen LogP contribution in [0.4, 0.5) is 0 Å². The van der Waals surface area contributed by atoms with Gasteiger partial charge in [0.1, 0.15) is 0 Å². The van der Waals surface area contributed by atoms with Crippen molar-refractivity contribution < 1.29 is 0 Å². The zero-order valence-corrected chi connectivity index (χ0v) is 10.6. The highest BCUT2D eigenvalue weighted by molar-refractivity contribution is 9.10. The summed E-state index contributed by atoms with van der Waals surface area (Å²) in [5.41, 5.74) is 7.74. The minimum absolute atomic E-state index is 0.0124. The highest BCUT2D eigenvalue weighted by Crippen LogP contribution is 2.15. The average molecular weight is 281 g/mol. The molecule has 0 saturated heterocycles. The van der Waals surface area contributed by atoms with E-state index >= 15 is 0 Å². The van der Waals surface area contributed by atoms with E-state index in [9.17, 15) is 0 Å². The first-order chi connectivity index (χ1) is 7.70. The van der Waals surface area contributed by atoms with Gasteiger partial charge in [-0.25, -0.2) is 4.68 Å². The largest absolute Gasteiger partial charge is 0.323 e. The molecule has 2 N–H and O–H groups in total. The summed E-state index contributed by atoms with van der Waals surface area (Å²) in [6.07, 6.45) is 6.30. The van der Waals surface area contributed by atoms with Crippen LogP contribution in [-0.2, 0) is 0 Å². The number of aromatic nitrogens is 3. The molecular formula is C11H13BrN4. The third-order valence-corrected chi connectivity index (χ3v) is 2.82. The number of nitrogens with two attached hydrogens (primary N) is 1. The Bertz CT molecular complexity index is 463. The minimum atomic E-state index is 0.0124. The molecule has 2 heterocycles. The van der Waals surface area contributed by atoms with E-state index in [1.54, 1.807) is 17.1 Å². The van der Waals surface area contributed by atoms with E-state index in [1.165, 1.54) is 0 Å². The normalized spacial score (nSPS) is 12.7. The monoisotopic (exact) mass is 280 g/mol. The van der Waals surface area contributed by atoms with Gasteiger partial charge in [0.2, 0.25) is 0 Å². The predicted molar refractivity (Wildman–Crippen MR) is 66.3 cm³/mol. The van der Waals surface area contributed by atoms with Crippen molar-refractivity contribution >= 4 is 15.9 Å². The number of rotatable bonds is 3. The second-order valence-corrected chi connectivity index (χ2v) is 4.47. The molecule has 2 aromatic rings. The molecule has 16 heavy (non-hydrogen) atoms. The van der Waals surface area contributed by atoms with Crippen LogP contribution >= 0.6 is 15.9 Å². The fraction of sp³-hybridized carbons (Fsp3) is 0.273. The third-order valence-electron chi connectivity index (χ3n) is 2.41. The lowest BCUT2D eigenvalue weighted by Gasteiger charge is -2.08. The lowest BCUT2D eigenvalue weighted by atomic mass is 10.1. The van der Waals surface area contributed by atoms with Crippen molar-refractivity contribution in [2.75, 3.05) is 0 Å². The van der Waals surface area contributed by atoms with Crippen molar-refractivity contribution in [2.24, 2.45) is 5.73 Å². The van der Waals surface area contributed by atoms with Crippen LogP contribution < -0.4 is 5.73 Å². The number of halogens is 1. The Hall–Kier alpha value is -1.20. The summed E-state index contributed by atoms with van der Waals surface area (Å²) in [7, 11) is 0.